The number of hydrogen-bond donors (Lipinski definition) is 3. The Labute approximate surface area is 120 Å². The van der Waals surface area contributed by atoms with Crippen LogP contribution in [-0.4, -0.2) is 21.9 Å². The Morgan fingerprint density at radius 3 is 2.81 bits per heavy atom. The molecule has 0 spiro atoms. The van der Waals surface area contributed by atoms with Crippen molar-refractivity contribution < 1.29 is 14.4 Å². The molecule has 0 atom stereocenters. The molecule has 1 aromatic carbocycles. The Morgan fingerprint density at radius 1 is 1.38 bits per heavy atom. The molecule has 108 valence electrons. The zero-order chi connectivity index (χ0) is 15.4. The van der Waals surface area contributed by atoms with E-state index in [0.29, 0.717) is 5.56 Å². The van der Waals surface area contributed by atoms with Crippen LogP contribution in [-0.2, 0) is 0 Å². The number of nitrogens with one attached hydrogen (secondary N) is 1. The number of aromatic nitrogens is 1. The summed E-state index contributed by atoms with van der Waals surface area (Å²) in [5.41, 5.74) is 6.24. The SMILES string of the molecule is Cc1cccnc1C(=O)Nc1cccc(F)c1C(N)=NO. The summed E-state index contributed by atoms with van der Waals surface area (Å²) in [6.45, 7) is 1.73. The van der Waals surface area contributed by atoms with E-state index in [9.17, 15) is 9.18 Å². The van der Waals surface area contributed by atoms with E-state index in [4.69, 9.17) is 10.9 Å². The number of aryl methyl sites for hydroxylation is 1. The molecule has 6 nitrogen and oxygen atoms in total. The number of pyridine rings is 1. The normalized spacial score (nSPS) is 11.2. The molecule has 0 saturated heterocycles. The van der Waals surface area contributed by atoms with Gasteiger partial charge >= 0.3 is 0 Å². The molecule has 4 N–H and O–H groups in total. The predicted octanol–water partition coefficient (Wildman–Crippen LogP) is 1.88. The highest BCUT2D eigenvalue weighted by atomic mass is 19.1. The van der Waals surface area contributed by atoms with Crippen LogP contribution in [0.4, 0.5) is 10.1 Å². The third-order valence-corrected chi connectivity index (χ3v) is 2.85. The number of nitrogens with zero attached hydrogens (tertiary/aromatic N) is 2. The second-order valence-corrected chi connectivity index (χ2v) is 4.27. The van der Waals surface area contributed by atoms with Crippen LogP contribution in [0.3, 0.4) is 0 Å². The van der Waals surface area contributed by atoms with Crippen LogP contribution in [0.1, 0.15) is 21.6 Å². The van der Waals surface area contributed by atoms with Gasteiger partial charge in [0, 0.05) is 6.20 Å². The molecule has 1 heterocycles. The van der Waals surface area contributed by atoms with Crippen molar-refractivity contribution in [2.75, 3.05) is 5.32 Å². The molecule has 1 amide bonds. The quantitative estimate of drug-likeness (QED) is 0.347. The minimum atomic E-state index is -0.708. The van der Waals surface area contributed by atoms with E-state index in [1.807, 2.05) is 0 Å². The number of carbonyl (C=O) groups is 1. The van der Waals surface area contributed by atoms with E-state index in [1.54, 1.807) is 19.1 Å². The van der Waals surface area contributed by atoms with E-state index in [2.05, 4.69) is 15.5 Å². The van der Waals surface area contributed by atoms with Gasteiger partial charge in [-0.3, -0.25) is 9.78 Å². The maximum Gasteiger partial charge on any atom is 0.274 e. The Kier molecular flexibility index (Phi) is 4.13. The number of benzene rings is 1. The van der Waals surface area contributed by atoms with Gasteiger partial charge in [0.25, 0.3) is 5.91 Å². The van der Waals surface area contributed by atoms with Gasteiger partial charge in [-0.15, -0.1) is 0 Å². The molecule has 0 aliphatic carbocycles. The Hall–Kier alpha value is -2.96. The first-order chi connectivity index (χ1) is 10.0. The van der Waals surface area contributed by atoms with Crippen LogP contribution in [0.25, 0.3) is 0 Å². The molecule has 0 aliphatic heterocycles. The second-order valence-electron chi connectivity index (χ2n) is 4.27. The number of carbonyl (C=O) groups excluding carboxylic acids is 1. The molecule has 0 bridgehead atoms. The number of hydrogen-bond acceptors (Lipinski definition) is 4. The fourth-order valence-electron chi connectivity index (χ4n) is 1.84. The van der Waals surface area contributed by atoms with E-state index in [-0.39, 0.29) is 16.9 Å². The molecule has 2 rings (SSSR count). The topological polar surface area (TPSA) is 101 Å². The van der Waals surface area contributed by atoms with Crippen LogP contribution in [0, 0.1) is 12.7 Å². The third-order valence-electron chi connectivity index (χ3n) is 2.85. The lowest BCUT2D eigenvalue weighted by Gasteiger charge is -2.11. The van der Waals surface area contributed by atoms with E-state index in [0.717, 1.165) is 6.07 Å². The van der Waals surface area contributed by atoms with Gasteiger partial charge in [0.2, 0.25) is 0 Å². The van der Waals surface area contributed by atoms with Crippen molar-refractivity contribution in [3.8, 4) is 0 Å². The van der Waals surface area contributed by atoms with E-state index < -0.39 is 17.6 Å². The molecular formula is C14H13FN4O2. The molecule has 0 radical (unpaired) electrons. The lowest BCUT2D eigenvalue weighted by Crippen LogP contribution is -2.21. The van der Waals surface area contributed by atoms with Crippen molar-refractivity contribution in [2.45, 2.75) is 6.92 Å². The minimum absolute atomic E-state index is 0.0975. The van der Waals surface area contributed by atoms with Gasteiger partial charge in [0.15, 0.2) is 5.84 Å². The van der Waals surface area contributed by atoms with Crippen molar-refractivity contribution in [3.05, 3.63) is 59.2 Å². The largest absolute Gasteiger partial charge is 0.409 e. The van der Waals surface area contributed by atoms with Gasteiger partial charge in [-0.1, -0.05) is 17.3 Å². The number of amidine groups is 1. The predicted molar refractivity (Wildman–Crippen MR) is 75.8 cm³/mol. The van der Waals surface area contributed by atoms with E-state index in [1.165, 1.54) is 18.3 Å². The molecule has 21 heavy (non-hydrogen) atoms. The summed E-state index contributed by atoms with van der Waals surface area (Å²) in [5.74, 6) is -1.65. The zero-order valence-electron chi connectivity index (χ0n) is 11.2. The highest BCUT2D eigenvalue weighted by molar-refractivity contribution is 6.09. The first-order valence-corrected chi connectivity index (χ1v) is 6.04. The summed E-state index contributed by atoms with van der Waals surface area (Å²) < 4.78 is 13.8. The molecule has 0 aliphatic rings. The average molecular weight is 288 g/mol. The molecule has 0 fully saturated rings. The molecular weight excluding hydrogens is 275 g/mol. The van der Waals surface area contributed by atoms with Crippen molar-refractivity contribution in [3.63, 3.8) is 0 Å². The fourth-order valence-corrected chi connectivity index (χ4v) is 1.84. The van der Waals surface area contributed by atoms with E-state index >= 15 is 0 Å². The summed E-state index contributed by atoms with van der Waals surface area (Å²) in [7, 11) is 0. The van der Waals surface area contributed by atoms with Gasteiger partial charge in [-0.2, -0.15) is 0 Å². The lowest BCUT2D eigenvalue weighted by molar-refractivity contribution is 0.102. The number of rotatable bonds is 3. The smallest absolute Gasteiger partial charge is 0.274 e. The van der Waals surface area contributed by atoms with Crippen LogP contribution >= 0.6 is 0 Å². The van der Waals surface area contributed by atoms with Gasteiger partial charge < -0.3 is 16.3 Å². The fraction of sp³-hybridized carbons (Fsp3) is 0.0714. The Balaban J connectivity index is 2.39. The molecule has 2 aromatic rings. The van der Waals surface area contributed by atoms with Crippen molar-refractivity contribution in [1.29, 1.82) is 0 Å². The second kappa shape index (κ2) is 6.00. The van der Waals surface area contributed by atoms with Crippen LogP contribution < -0.4 is 11.1 Å². The number of oxime groups is 1. The number of halogens is 1. The standard InChI is InChI=1S/C14H13FN4O2/c1-8-4-3-7-17-12(8)14(20)18-10-6-2-5-9(15)11(10)13(16)19-21/h2-7,21H,1H3,(H2,16,19)(H,18,20). The Bertz CT molecular complexity index is 716. The molecule has 0 saturated carbocycles. The Morgan fingerprint density at radius 2 is 2.14 bits per heavy atom. The van der Waals surface area contributed by atoms with Gasteiger partial charge in [-0.25, -0.2) is 4.39 Å². The summed E-state index contributed by atoms with van der Waals surface area (Å²) in [5, 5.41) is 14.0. The van der Waals surface area contributed by atoms with Crippen molar-refractivity contribution >= 4 is 17.4 Å². The molecule has 0 unspecified atom stereocenters. The zero-order valence-corrected chi connectivity index (χ0v) is 11.2. The highest BCUT2D eigenvalue weighted by Gasteiger charge is 2.17. The molecule has 7 heteroatoms. The summed E-state index contributed by atoms with van der Waals surface area (Å²) in [6.07, 6.45) is 1.48. The number of nitrogens with two attached hydrogens (primary N) is 1. The van der Waals surface area contributed by atoms with Crippen molar-refractivity contribution in [1.82, 2.24) is 4.98 Å². The monoisotopic (exact) mass is 288 g/mol. The summed E-state index contributed by atoms with van der Waals surface area (Å²) in [4.78, 5) is 16.1. The number of anilines is 1. The summed E-state index contributed by atoms with van der Waals surface area (Å²) in [6, 6.07) is 7.44. The van der Waals surface area contributed by atoms with Crippen LogP contribution in [0.2, 0.25) is 0 Å². The molecule has 1 aromatic heterocycles. The first kappa shape index (κ1) is 14.4. The first-order valence-electron chi connectivity index (χ1n) is 6.04. The van der Waals surface area contributed by atoms with Crippen molar-refractivity contribution in [2.24, 2.45) is 10.9 Å². The van der Waals surface area contributed by atoms with Gasteiger partial charge in [0.05, 0.1) is 11.3 Å². The average Bonchev–Trinajstić information content (AvgIpc) is 2.47. The maximum absolute atomic E-state index is 13.8. The highest BCUT2D eigenvalue weighted by Crippen LogP contribution is 2.19. The maximum atomic E-state index is 13.8. The van der Waals surface area contributed by atoms with Crippen LogP contribution in [0.15, 0.2) is 41.7 Å². The van der Waals surface area contributed by atoms with Gasteiger partial charge in [0.1, 0.15) is 11.5 Å². The minimum Gasteiger partial charge on any atom is -0.409 e. The van der Waals surface area contributed by atoms with Gasteiger partial charge in [-0.05, 0) is 30.7 Å². The number of amides is 1. The lowest BCUT2D eigenvalue weighted by atomic mass is 10.1. The van der Waals surface area contributed by atoms with Crippen LogP contribution in [0.5, 0.6) is 0 Å². The summed E-state index contributed by atoms with van der Waals surface area (Å²) >= 11 is 0. The third kappa shape index (κ3) is 2.97.